The van der Waals surface area contributed by atoms with Crippen LogP contribution in [0.15, 0.2) is 35.5 Å². The lowest BCUT2D eigenvalue weighted by Gasteiger charge is -2.44. The van der Waals surface area contributed by atoms with Crippen LogP contribution < -0.4 is 0 Å². The summed E-state index contributed by atoms with van der Waals surface area (Å²) in [5.74, 6) is 1.69. The van der Waals surface area contributed by atoms with Gasteiger partial charge in [0.25, 0.3) is 0 Å². The fourth-order valence-corrected chi connectivity index (χ4v) is 6.82. The van der Waals surface area contributed by atoms with Gasteiger partial charge in [-0.25, -0.2) is 0 Å². The van der Waals surface area contributed by atoms with E-state index >= 15 is 0 Å². The Morgan fingerprint density at radius 1 is 1.31 bits per heavy atom. The van der Waals surface area contributed by atoms with E-state index in [4.69, 9.17) is 0 Å². The Balaban J connectivity index is 1.68. The Labute approximate surface area is 194 Å². The molecule has 0 aliphatic heterocycles. The van der Waals surface area contributed by atoms with Gasteiger partial charge in [0.05, 0.1) is 12.2 Å². The molecular formula is C28H44O4. The van der Waals surface area contributed by atoms with Crippen molar-refractivity contribution in [1.29, 1.82) is 0 Å². The van der Waals surface area contributed by atoms with Gasteiger partial charge in [-0.1, -0.05) is 44.6 Å². The molecule has 3 saturated carbocycles. The maximum absolute atomic E-state index is 11.6. The highest BCUT2D eigenvalue weighted by Gasteiger charge is 2.50. The van der Waals surface area contributed by atoms with Crippen LogP contribution in [0.4, 0.5) is 0 Å². The smallest absolute Gasteiger partial charge is 0.160 e. The monoisotopic (exact) mass is 444 g/mol. The lowest BCUT2D eigenvalue weighted by molar-refractivity contribution is -0.134. The number of ketones is 1. The van der Waals surface area contributed by atoms with Crippen LogP contribution >= 0.6 is 0 Å². The summed E-state index contributed by atoms with van der Waals surface area (Å²) in [6.45, 7) is 12.0. The van der Waals surface area contributed by atoms with Crippen molar-refractivity contribution < 1.29 is 20.1 Å². The Kier molecular flexibility index (Phi) is 7.89. The molecule has 4 nitrogen and oxygen atoms in total. The maximum Gasteiger partial charge on any atom is 0.160 e. The van der Waals surface area contributed by atoms with Gasteiger partial charge in [-0.3, -0.25) is 4.79 Å². The van der Waals surface area contributed by atoms with Crippen molar-refractivity contribution in [2.75, 3.05) is 0 Å². The molecule has 0 aromatic heterocycles. The normalized spacial score (nSPS) is 38.5. The van der Waals surface area contributed by atoms with E-state index in [0.29, 0.717) is 42.4 Å². The van der Waals surface area contributed by atoms with Gasteiger partial charge in [0.1, 0.15) is 5.60 Å². The van der Waals surface area contributed by atoms with Crippen LogP contribution in [-0.4, -0.2) is 38.9 Å². The molecule has 0 heterocycles. The number of rotatable bonds is 7. The lowest BCUT2D eigenvalue weighted by Crippen LogP contribution is -2.36. The molecule has 0 radical (unpaired) electrons. The van der Waals surface area contributed by atoms with Crippen LogP contribution in [0.5, 0.6) is 0 Å². The number of hydrogen-bond acceptors (Lipinski definition) is 4. The van der Waals surface area contributed by atoms with Gasteiger partial charge in [0.2, 0.25) is 0 Å². The summed E-state index contributed by atoms with van der Waals surface area (Å²) in [5, 5.41) is 30.4. The minimum atomic E-state index is -1.19. The molecule has 0 aromatic rings. The van der Waals surface area contributed by atoms with Crippen molar-refractivity contribution in [3.05, 3.63) is 35.5 Å². The van der Waals surface area contributed by atoms with Crippen molar-refractivity contribution in [1.82, 2.24) is 0 Å². The van der Waals surface area contributed by atoms with Crippen LogP contribution in [0.1, 0.15) is 91.9 Å². The average molecular weight is 445 g/mol. The molecule has 180 valence electrons. The zero-order valence-electron chi connectivity index (χ0n) is 20.6. The van der Waals surface area contributed by atoms with E-state index in [2.05, 4.69) is 32.6 Å². The predicted octanol–water partition coefficient (Wildman–Crippen LogP) is 5.27. The summed E-state index contributed by atoms with van der Waals surface area (Å²) in [6, 6.07) is 0. The Hall–Kier alpha value is -1.23. The van der Waals surface area contributed by atoms with Crippen LogP contribution in [0.25, 0.3) is 0 Å². The minimum absolute atomic E-state index is 0.144. The van der Waals surface area contributed by atoms with Crippen LogP contribution in [-0.2, 0) is 4.79 Å². The number of Topliss-reactive ketones (excluding diaryl/α,β-unsaturated/α-hetero) is 1. The fraction of sp³-hybridized carbons (Fsp3) is 0.750. The number of hydrogen-bond donors (Lipinski definition) is 3. The maximum atomic E-state index is 11.6. The van der Waals surface area contributed by atoms with Crippen molar-refractivity contribution >= 4 is 5.78 Å². The van der Waals surface area contributed by atoms with E-state index in [1.807, 2.05) is 0 Å². The molecular weight excluding hydrogens is 400 g/mol. The summed E-state index contributed by atoms with van der Waals surface area (Å²) in [4.78, 5) is 11.6. The number of aliphatic hydroxyl groups is 3. The second kappa shape index (κ2) is 9.95. The number of aliphatic hydroxyl groups excluding tert-OH is 2. The molecule has 7 atom stereocenters. The molecule has 0 saturated heterocycles. The molecule has 0 aromatic carbocycles. The Bertz CT molecular complexity index is 776. The summed E-state index contributed by atoms with van der Waals surface area (Å²) in [6.07, 6.45) is 12.7. The molecule has 0 bridgehead atoms. The first kappa shape index (κ1) is 25.4. The van der Waals surface area contributed by atoms with Crippen LogP contribution in [0.3, 0.4) is 0 Å². The number of allylic oxidation sites excluding steroid dienone is 3. The largest absolute Gasteiger partial charge is 0.393 e. The molecule has 3 fully saturated rings. The van der Waals surface area contributed by atoms with Gasteiger partial charge >= 0.3 is 0 Å². The lowest BCUT2D eigenvalue weighted by atomic mass is 9.60. The van der Waals surface area contributed by atoms with E-state index in [0.717, 1.165) is 30.4 Å². The molecule has 3 rings (SSSR count). The highest BCUT2D eigenvalue weighted by molar-refractivity contribution is 5.84. The third-order valence-corrected chi connectivity index (χ3v) is 9.07. The molecule has 32 heavy (non-hydrogen) atoms. The van der Waals surface area contributed by atoms with Crippen molar-refractivity contribution in [3.63, 3.8) is 0 Å². The Morgan fingerprint density at radius 3 is 2.72 bits per heavy atom. The number of fused-ring (bicyclic) bond motifs is 1. The third-order valence-electron chi connectivity index (χ3n) is 9.07. The SMILES string of the molecule is C=C1/C(=C\C=C2/CCC[C@@]3(C)C2CC[C@@H]3[C@H](C)CCC[C@@](C)(O)C(C)=O)C[C@@H](O)C[C@@H]1O. The van der Waals surface area contributed by atoms with Gasteiger partial charge in [-0.15, -0.1) is 0 Å². The predicted molar refractivity (Wildman–Crippen MR) is 129 cm³/mol. The third kappa shape index (κ3) is 5.29. The molecule has 3 aliphatic rings. The molecule has 0 spiro atoms. The zero-order chi connectivity index (χ0) is 23.7. The van der Waals surface area contributed by atoms with E-state index in [1.165, 1.54) is 38.2 Å². The minimum Gasteiger partial charge on any atom is -0.393 e. The van der Waals surface area contributed by atoms with Crippen molar-refractivity contribution in [2.45, 2.75) is 110 Å². The highest BCUT2D eigenvalue weighted by Crippen LogP contribution is 2.60. The molecule has 4 heteroatoms. The first-order chi connectivity index (χ1) is 15.0. The summed E-state index contributed by atoms with van der Waals surface area (Å²) in [5.41, 5.74) is 2.36. The second-order valence-corrected chi connectivity index (χ2v) is 11.4. The van der Waals surface area contributed by atoms with E-state index < -0.39 is 17.8 Å². The number of carbonyl (C=O) groups is 1. The van der Waals surface area contributed by atoms with Gasteiger partial charge in [-0.05, 0) is 99.5 Å². The van der Waals surface area contributed by atoms with Gasteiger partial charge < -0.3 is 15.3 Å². The van der Waals surface area contributed by atoms with Gasteiger partial charge in [0.15, 0.2) is 5.78 Å². The van der Waals surface area contributed by atoms with Crippen LogP contribution in [0, 0.1) is 23.2 Å². The highest BCUT2D eigenvalue weighted by atomic mass is 16.3. The van der Waals surface area contributed by atoms with E-state index in [9.17, 15) is 20.1 Å². The van der Waals surface area contributed by atoms with Crippen LogP contribution in [0.2, 0.25) is 0 Å². The van der Waals surface area contributed by atoms with E-state index in [1.54, 1.807) is 6.92 Å². The first-order valence-corrected chi connectivity index (χ1v) is 12.6. The van der Waals surface area contributed by atoms with Gasteiger partial charge in [0, 0.05) is 6.42 Å². The standard InChI is InChI=1S/C28H44O4/c1-18(8-6-15-28(5,32)20(3)29)24-12-13-25-21(9-7-14-27(24,25)4)10-11-22-16-23(30)17-26(31)19(22)2/h10-11,18,23-26,30-32H,2,6-9,12-17H2,1,3-5H3/b21-10+,22-11-/t18-,23-,24-,25?,26+,27-,28-/m1/s1. The summed E-state index contributed by atoms with van der Waals surface area (Å²) >= 11 is 0. The quantitative estimate of drug-likeness (QED) is 0.500. The topological polar surface area (TPSA) is 77.8 Å². The molecule has 1 unspecified atom stereocenters. The average Bonchev–Trinajstić information content (AvgIpc) is 3.06. The van der Waals surface area contributed by atoms with Gasteiger partial charge in [-0.2, -0.15) is 0 Å². The fourth-order valence-electron chi connectivity index (χ4n) is 6.82. The zero-order valence-corrected chi connectivity index (χ0v) is 20.6. The molecule has 0 amide bonds. The van der Waals surface area contributed by atoms with Crippen molar-refractivity contribution in [3.8, 4) is 0 Å². The Morgan fingerprint density at radius 2 is 2.03 bits per heavy atom. The second-order valence-electron chi connectivity index (χ2n) is 11.4. The molecule has 3 N–H and O–H groups in total. The van der Waals surface area contributed by atoms with E-state index in [-0.39, 0.29) is 5.78 Å². The first-order valence-electron chi connectivity index (χ1n) is 12.6. The summed E-state index contributed by atoms with van der Waals surface area (Å²) in [7, 11) is 0. The molecule has 3 aliphatic carbocycles. The van der Waals surface area contributed by atoms with Crippen molar-refractivity contribution in [2.24, 2.45) is 23.2 Å². The summed E-state index contributed by atoms with van der Waals surface area (Å²) < 4.78 is 0. The number of carbonyl (C=O) groups excluding carboxylic acids is 1.